The fourth-order valence-electron chi connectivity index (χ4n) is 2.30. The summed E-state index contributed by atoms with van der Waals surface area (Å²) in [7, 11) is 0. The fourth-order valence-corrected chi connectivity index (χ4v) is 2.30. The van der Waals surface area contributed by atoms with Crippen molar-refractivity contribution >= 4 is 5.69 Å². The number of nitrogens with one attached hydrogen (secondary N) is 1. The number of anilines is 1. The molecule has 0 amide bonds. The predicted molar refractivity (Wildman–Crippen MR) is 73.4 cm³/mol. The Hall–Kier alpha value is -2.17. The van der Waals surface area contributed by atoms with Crippen LogP contribution in [0.5, 0.6) is 0 Å². The van der Waals surface area contributed by atoms with Crippen molar-refractivity contribution in [3.8, 4) is 0 Å². The van der Waals surface area contributed by atoms with Gasteiger partial charge in [-0.25, -0.2) is 4.68 Å². The van der Waals surface area contributed by atoms with Crippen LogP contribution in [0, 0.1) is 6.92 Å². The molecule has 1 N–H and O–H groups in total. The van der Waals surface area contributed by atoms with Gasteiger partial charge in [0.25, 0.3) is 5.56 Å². The van der Waals surface area contributed by atoms with Gasteiger partial charge in [0.1, 0.15) is 0 Å². The van der Waals surface area contributed by atoms with Gasteiger partial charge in [-0.2, -0.15) is 5.10 Å². The first-order valence-electron chi connectivity index (χ1n) is 6.50. The number of fused-ring (bicyclic) bond motifs is 1. The largest absolute Gasteiger partial charge is 0.383 e. The van der Waals surface area contributed by atoms with Gasteiger partial charge < -0.3 is 5.32 Å². The van der Waals surface area contributed by atoms with Crippen LogP contribution in [0.3, 0.4) is 0 Å². The van der Waals surface area contributed by atoms with Crippen molar-refractivity contribution in [2.75, 3.05) is 11.9 Å². The third-order valence-corrected chi connectivity index (χ3v) is 3.24. The lowest BCUT2D eigenvalue weighted by atomic mass is 10.1. The predicted octanol–water partition coefficient (Wildman–Crippen LogP) is 1.35. The number of rotatable bonds is 2. The minimum atomic E-state index is -0.0866. The molecule has 3 heterocycles. The maximum Gasteiger partial charge on any atom is 0.269 e. The Morgan fingerprint density at radius 3 is 3.16 bits per heavy atom. The topological polar surface area (TPSA) is 59.8 Å². The number of hydrogen-bond acceptors (Lipinski definition) is 4. The second-order valence-corrected chi connectivity index (χ2v) is 4.80. The van der Waals surface area contributed by atoms with Gasteiger partial charge >= 0.3 is 0 Å². The summed E-state index contributed by atoms with van der Waals surface area (Å²) >= 11 is 0. The van der Waals surface area contributed by atoms with Gasteiger partial charge in [0, 0.05) is 18.3 Å². The van der Waals surface area contributed by atoms with E-state index in [0.29, 0.717) is 6.54 Å². The number of hydrogen-bond donors (Lipinski definition) is 1. The summed E-state index contributed by atoms with van der Waals surface area (Å²) in [6, 6.07) is 7.44. The monoisotopic (exact) mass is 256 g/mol. The first-order valence-corrected chi connectivity index (χ1v) is 6.50. The summed E-state index contributed by atoms with van der Waals surface area (Å²) < 4.78 is 1.49. The zero-order chi connectivity index (χ0) is 13.2. The first-order chi connectivity index (χ1) is 9.22. The molecule has 0 aromatic carbocycles. The summed E-state index contributed by atoms with van der Waals surface area (Å²) in [6.45, 7) is 3.28. The van der Waals surface area contributed by atoms with E-state index in [1.165, 1.54) is 4.68 Å². The molecule has 0 unspecified atom stereocenters. The zero-order valence-electron chi connectivity index (χ0n) is 10.9. The number of aromatic nitrogens is 3. The van der Waals surface area contributed by atoms with Gasteiger partial charge in [-0.1, -0.05) is 6.07 Å². The van der Waals surface area contributed by atoms with Crippen molar-refractivity contribution in [3.63, 3.8) is 0 Å². The van der Waals surface area contributed by atoms with Crippen molar-refractivity contribution in [1.82, 2.24) is 14.8 Å². The van der Waals surface area contributed by atoms with Crippen molar-refractivity contribution in [3.05, 3.63) is 51.7 Å². The van der Waals surface area contributed by atoms with Crippen LogP contribution >= 0.6 is 0 Å². The Balaban J connectivity index is 1.95. The van der Waals surface area contributed by atoms with Gasteiger partial charge in [0.15, 0.2) is 0 Å². The summed E-state index contributed by atoms with van der Waals surface area (Å²) in [5, 5.41) is 7.65. The van der Waals surface area contributed by atoms with Gasteiger partial charge in [-0.15, -0.1) is 0 Å². The van der Waals surface area contributed by atoms with Crippen molar-refractivity contribution in [2.24, 2.45) is 0 Å². The Bertz CT molecular complexity index is 663. The number of aryl methyl sites for hydroxylation is 2. The molecule has 5 heteroatoms. The number of nitrogens with zero attached hydrogens (tertiary/aromatic N) is 3. The zero-order valence-corrected chi connectivity index (χ0v) is 10.9. The maximum atomic E-state index is 12.0. The highest BCUT2D eigenvalue weighted by Crippen LogP contribution is 2.16. The second kappa shape index (κ2) is 4.84. The van der Waals surface area contributed by atoms with E-state index in [9.17, 15) is 4.79 Å². The van der Waals surface area contributed by atoms with E-state index >= 15 is 0 Å². The molecule has 1 aliphatic rings. The van der Waals surface area contributed by atoms with Crippen LogP contribution in [0.25, 0.3) is 0 Å². The lowest BCUT2D eigenvalue weighted by molar-refractivity contribution is 0.599. The average molecular weight is 256 g/mol. The molecule has 1 aliphatic heterocycles. The normalized spacial score (nSPS) is 13.7. The quantitative estimate of drug-likeness (QED) is 0.881. The highest BCUT2D eigenvalue weighted by Gasteiger charge is 2.12. The van der Waals surface area contributed by atoms with E-state index in [4.69, 9.17) is 0 Å². The van der Waals surface area contributed by atoms with Crippen LogP contribution in [0.15, 0.2) is 29.1 Å². The summed E-state index contributed by atoms with van der Waals surface area (Å²) in [4.78, 5) is 16.4. The maximum absolute atomic E-state index is 12.0. The van der Waals surface area contributed by atoms with Gasteiger partial charge in [0.05, 0.1) is 23.6 Å². The standard InChI is InChI=1S/C14H16N4O/c1-10-4-2-5-11(16-10)9-18-14(19)8-13-12(17-18)6-3-7-15-13/h2,4-5,8,15H,3,6-7,9H2,1H3. The third-order valence-electron chi connectivity index (χ3n) is 3.24. The fraction of sp³-hybridized carbons (Fsp3) is 0.357. The molecule has 0 spiro atoms. The molecule has 98 valence electrons. The third kappa shape index (κ3) is 2.50. The van der Waals surface area contributed by atoms with Crippen LogP contribution in [0.1, 0.15) is 23.5 Å². The summed E-state index contributed by atoms with van der Waals surface area (Å²) in [6.07, 6.45) is 1.98. The summed E-state index contributed by atoms with van der Waals surface area (Å²) in [5.74, 6) is 0. The average Bonchev–Trinajstić information content (AvgIpc) is 2.40. The molecule has 0 radical (unpaired) electrons. The van der Waals surface area contributed by atoms with Crippen LogP contribution in [0.4, 0.5) is 5.69 Å². The summed E-state index contributed by atoms with van der Waals surface area (Å²) in [5.41, 5.74) is 3.57. The van der Waals surface area contributed by atoms with Crippen LogP contribution < -0.4 is 10.9 Å². The smallest absolute Gasteiger partial charge is 0.269 e. The number of pyridine rings is 1. The van der Waals surface area contributed by atoms with Gasteiger partial charge in [0.2, 0.25) is 0 Å². The van der Waals surface area contributed by atoms with E-state index < -0.39 is 0 Å². The molecule has 2 aromatic heterocycles. The second-order valence-electron chi connectivity index (χ2n) is 4.80. The molecule has 3 rings (SSSR count). The van der Waals surface area contributed by atoms with E-state index in [1.54, 1.807) is 6.07 Å². The van der Waals surface area contributed by atoms with Crippen molar-refractivity contribution in [2.45, 2.75) is 26.3 Å². The molecule has 0 atom stereocenters. The highest BCUT2D eigenvalue weighted by atomic mass is 16.1. The van der Waals surface area contributed by atoms with Gasteiger partial charge in [-0.3, -0.25) is 9.78 Å². The van der Waals surface area contributed by atoms with Crippen molar-refractivity contribution < 1.29 is 0 Å². The van der Waals surface area contributed by atoms with Crippen LogP contribution in [-0.2, 0) is 13.0 Å². The minimum Gasteiger partial charge on any atom is -0.383 e. The molecule has 2 aromatic rings. The van der Waals surface area contributed by atoms with E-state index in [0.717, 1.165) is 42.2 Å². The van der Waals surface area contributed by atoms with Crippen molar-refractivity contribution in [1.29, 1.82) is 0 Å². The molecule has 0 saturated heterocycles. The molecular formula is C14H16N4O. The Kier molecular flexibility index (Phi) is 3.03. The SMILES string of the molecule is Cc1cccc(Cn2nc3c(cc2=O)NCCC3)n1. The van der Waals surface area contributed by atoms with Gasteiger partial charge in [-0.05, 0) is 31.9 Å². The molecule has 19 heavy (non-hydrogen) atoms. The van der Waals surface area contributed by atoms with E-state index in [1.807, 2.05) is 25.1 Å². The van der Waals surface area contributed by atoms with Crippen LogP contribution in [-0.4, -0.2) is 21.3 Å². The van der Waals surface area contributed by atoms with Crippen LogP contribution in [0.2, 0.25) is 0 Å². The molecule has 0 saturated carbocycles. The lowest BCUT2D eigenvalue weighted by Crippen LogP contribution is -2.27. The Morgan fingerprint density at radius 2 is 2.32 bits per heavy atom. The molecule has 0 aliphatic carbocycles. The molecule has 0 bridgehead atoms. The van der Waals surface area contributed by atoms with E-state index in [2.05, 4.69) is 15.4 Å². The Morgan fingerprint density at radius 1 is 1.42 bits per heavy atom. The highest BCUT2D eigenvalue weighted by molar-refractivity contribution is 5.48. The Labute approximate surface area is 111 Å². The molecule has 5 nitrogen and oxygen atoms in total. The minimum absolute atomic E-state index is 0.0866. The van der Waals surface area contributed by atoms with E-state index in [-0.39, 0.29) is 5.56 Å². The first kappa shape index (κ1) is 11.9. The molecular weight excluding hydrogens is 240 g/mol. The lowest BCUT2D eigenvalue weighted by Gasteiger charge is -2.17. The molecule has 0 fully saturated rings.